The van der Waals surface area contributed by atoms with Crippen molar-refractivity contribution in [1.29, 1.82) is 0 Å². The second-order valence-corrected chi connectivity index (χ2v) is 6.00. The van der Waals surface area contributed by atoms with Crippen LogP contribution in [0.15, 0.2) is 6.33 Å². The smallest absolute Gasteiger partial charge is 0.353 e. The maximum absolute atomic E-state index is 12.3. The van der Waals surface area contributed by atoms with Gasteiger partial charge in [-0.1, -0.05) is 6.92 Å². The number of aromatic nitrogens is 4. The van der Waals surface area contributed by atoms with Crippen molar-refractivity contribution in [2.24, 2.45) is 0 Å². The Labute approximate surface area is 124 Å². The Bertz CT molecular complexity index is 728. The third-order valence-corrected chi connectivity index (χ3v) is 3.18. The Morgan fingerprint density at radius 3 is 2.91 bits per heavy atom. The fourth-order valence-electron chi connectivity index (χ4n) is 1.67. The molecule has 0 radical (unpaired) electrons. The van der Waals surface area contributed by atoms with Gasteiger partial charge in [0.15, 0.2) is 17.8 Å². The lowest BCUT2D eigenvalue weighted by Gasteiger charge is -2.15. The second-order valence-electron chi connectivity index (χ2n) is 4.41. The van der Waals surface area contributed by atoms with Gasteiger partial charge in [0, 0.05) is 0 Å². The van der Waals surface area contributed by atoms with Crippen molar-refractivity contribution in [3.05, 3.63) is 12.2 Å². The number of hydrogen-bond donors (Lipinski definition) is 5. The van der Waals surface area contributed by atoms with E-state index in [0.29, 0.717) is 11.9 Å². The molecule has 0 saturated heterocycles. The van der Waals surface area contributed by atoms with Gasteiger partial charge in [0.05, 0.1) is 12.4 Å². The molecule has 2 aromatic rings. The lowest BCUT2D eigenvalue weighted by molar-refractivity contribution is 0.0330. The van der Waals surface area contributed by atoms with Gasteiger partial charge in [0.2, 0.25) is 11.6 Å². The summed E-state index contributed by atoms with van der Waals surface area (Å²) in [5.74, 6) is -0.599. The predicted octanol–water partition coefficient (Wildman–Crippen LogP) is -0.447. The first-order valence-corrected chi connectivity index (χ1v) is 8.04. The Morgan fingerprint density at radius 1 is 1.55 bits per heavy atom. The quantitative estimate of drug-likeness (QED) is 0.254. The van der Waals surface area contributed by atoms with Crippen LogP contribution in [0.1, 0.15) is 24.0 Å². The van der Waals surface area contributed by atoms with Crippen LogP contribution in [0.2, 0.25) is 0 Å². The van der Waals surface area contributed by atoms with Gasteiger partial charge in [0.25, 0.3) is 0 Å². The third kappa shape index (κ3) is 3.84. The van der Waals surface area contributed by atoms with Crippen molar-refractivity contribution >= 4 is 30.4 Å². The van der Waals surface area contributed by atoms with E-state index in [1.165, 1.54) is 6.33 Å². The molecular formula is C10H15N6O5P. The van der Waals surface area contributed by atoms with Crippen molar-refractivity contribution in [3.8, 4) is 0 Å². The van der Waals surface area contributed by atoms with E-state index in [4.69, 9.17) is 15.5 Å². The fourth-order valence-corrected chi connectivity index (χ4v) is 1.91. The monoisotopic (exact) mass is 330 g/mol. The van der Waals surface area contributed by atoms with Gasteiger partial charge in [-0.2, -0.15) is 5.48 Å². The zero-order valence-electron chi connectivity index (χ0n) is 11.6. The van der Waals surface area contributed by atoms with Crippen molar-refractivity contribution in [2.45, 2.75) is 19.4 Å². The van der Waals surface area contributed by atoms with Gasteiger partial charge < -0.3 is 20.5 Å². The highest BCUT2D eigenvalue weighted by Gasteiger charge is 2.24. The standard InChI is InChI=1S/C10H15N6O5P/c1-2-5(16-21-4-22(18,19)20)7(17)10-14-8(11)6-9(15-10)13-3-12-6/h3,5,16H,2,4H2,1H3,(H2,18,19,20)(H3,11,12,13,14,15)/t5-/m0/s1. The molecule has 12 heteroatoms. The summed E-state index contributed by atoms with van der Waals surface area (Å²) in [4.78, 5) is 48.9. The molecule has 11 nitrogen and oxygen atoms in total. The number of H-pyrrole nitrogens is 1. The maximum atomic E-state index is 12.3. The SMILES string of the molecule is CC[C@H](NOCP(=O)(O)O)C(=O)c1nc(N)c2[nH]cnc2n1. The molecule has 0 unspecified atom stereocenters. The molecular weight excluding hydrogens is 315 g/mol. The second kappa shape index (κ2) is 6.46. The van der Waals surface area contributed by atoms with Crippen LogP contribution in [0.4, 0.5) is 5.82 Å². The summed E-state index contributed by atoms with van der Waals surface area (Å²) in [6.45, 7) is 1.69. The molecule has 0 aliphatic carbocycles. The highest BCUT2D eigenvalue weighted by atomic mass is 31.2. The average Bonchev–Trinajstić information content (AvgIpc) is 2.90. The summed E-state index contributed by atoms with van der Waals surface area (Å²) in [5.41, 5.74) is 8.68. The summed E-state index contributed by atoms with van der Waals surface area (Å²) in [7, 11) is -4.33. The molecule has 2 heterocycles. The van der Waals surface area contributed by atoms with E-state index < -0.39 is 25.8 Å². The molecule has 2 aromatic heterocycles. The summed E-state index contributed by atoms with van der Waals surface area (Å²) >= 11 is 0. The molecule has 0 fully saturated rings. The molecule has 120 valence electrons. The number of rotatable bonds is 7. The summed E-state index contributed by atoms with van der Waals surface area (Å²) in [6, 6.07) is -0.873. The first-order valence-electron chi connectivity index (χ1n) is 6.24. The van der Waals surface area contributed by atoms with E-state index in [-0.39, 0.29) is 17.3 Å². The lowest BCUT2D eigenvalue weighted by atomic mass is 10.1. The van der Waals surface area contributed by atoms with Gasteiger partial charge in [0.1, 0.15) is 5.52 Å². The molecule has 0 spiro atoms. The van der Waals surface area contributed by atoms with Crippen molar-refractivity contribution in [2.75, 3.05) is 12.1 Å². The van der Waals surface area contributed by atoms with Crippen LogP contribution in [0.3, 0.4) is 0 Å². The number of aromatic amines is 1. The van der Waals surface area contributed by atoms with Gasteiger partial charge in [-0.15, -0.1) is 0 Å². The largest absolute Gasteiger partial charge is 0.382 e. The summed E-state index contributed by atoms with van der Waals surface area (Å²) < 4.78 is 10.7. The molecule has 0 saturated carbocycles. The Morgan fingerprint density at radius 2 is 2.27 bits per heavy atom. The van der Waals surface area contributed by atoms with Crippen molar-refractivity contribution in [3.63, 3.8) is 0 Å². The lowest BCUT2D eigenvalue weighted by Crippen LogP contribution is -2.37. The normalized spacial score (nSPS) is 13.4. The Kier molecular flexibility index (Phi) is 4.84. The number of hydrogen-bond acceptors (Lipinski definition) is 8. The van der Waals surface area contributed by atoms with Crippen LogP contribution in [-0.2, 0) is 9.40 Å². The average molecular weight is 330 g/mol. The van der Waals surface area contributed by atoms with Crippen LogP contribution in [0, 0.1) is 0 Å². The van der Waals surface area contributed by atoms with E-state index in [2.05, 4.69) is 30.3 Å². The van der Waals surface area contributed by atoms with E-state index in [0.717, 1.165) is 0 Å². The Hall–Kier alpha value is -1.91. The van der Waals surface area contributed by atoms with E-state index in [9.17, 15) is 9.36 Å². The molecule has 0 bridgehead atoms. The number of Topliss-reactive ketones (excluding diaryl/α,β-unsaturated/α-hetero) is 1. The van der Waals surface area contributed by atoms with E-state index in [1.54, 1.807) is 6.92 Å². The number of fused-ring (bicyclic) bond motifs is 1. The molecule has 0 aliphatic rings. The molecule has 1 atom stereocenters. The van der Waals surface area contributed by atoms with Gasteiger partial charge in [-0.25, -0.2) is 15.0 Å². The van der Waals surface area contributed by atoms with Crippen LogP contribution in [0.25, 0.3) is 11.2 Å². The number of hydroxylamine groups is 1. The number of nitrogens with two attached hydrogens (primary N) is 1. The van der Waals surface area contributed by atoms with Crippen LogP contribution in [0.5, 0.6) is 0 Å². The fraction of sp³-hybridized carbons (Fsp3) is 0.400. The third-order valence-electron chi connectivity index (χ3n) is 2.72. The number of carbonyl (C=O) groups excluding carboxylic acids is 1. The number of imidazole rings is 1. The predicted molar refractivity (Wildman–Crippen MR) is 75.6 cm³/mol. The maximum Gasteiger partial charge on any atom is 0.353 e. The number of nitrogens with one attached hydrogen (secondary N) is 2. The zero-order valence-corrected chi connectivity index (χ0v) is 12.4. The van der Waals surface area contributed by atoms with Crippen molar-refractivity contribution < 1.29 is 24.0 Å². The van der Waals surface area contributed by atoms with Gasteiger partial charge >= 0.3 is 7.60 Å². The molecule has 22 heavy (non-hydrogen) atoms. The number of ketones is 1. The van der Waals surface area contributed by atoms with Crippen molar-refractivity contribution in [1.82, 2.24) is 25.4 Å². The number of nitrogens with zero attached hydrogens (tertiary/aromatic N) is 3. The highest BCUT2D eigenvalue weighted by molar-refractivity contribution is 7.51. The van der Waals surface area contributed by atoms with Gasteiger partial charge in [-0.05, 0) is 6.42 Å². The zero-order chi connectivity index (χ0) is 16.3. The van der Waals surface area contributed by atoms with Crippen LogP contribution in [-0.4, -0.2) is 47.9 Å². The number of anilines is 1. The van der Waals surface area contributed by atoms with Crippen LogP contribution >= 0.6 is 7.60 Å². The molecule has 0 aliphatic heterocycles. The highest BCUT2D eigenvalue weighted by Crippen LogP contribution is 2.33. The first-order chi connectivity index (χ1) is 10.3. The number of nitrogen functional groups attached to an aromatic ring is 1. The van der Waals surface area contributed by atoms with Gasteiger partial charge in [-0.3, -0.25) is 14.2 Å². The minimum atomic E-state index is -4.33. The summed E-state index contributed by atoms with van der Waals surface area (Å²) in [5, 5.41) is 0. The Balaban J connectivity index is 2.14. The van der Waals surface area contributed by atoms with Crippen LogP contribution < -0.4 is 11.2 Å². The van der Waals surface area contributed by atoms with E-state index >= 15 is 0 Å². The number of carbonyl (C=O) groups is 1. The summed E-state index contributed by atoms with van der Waals surface area (Å²) in [6.07, 6.45) is 0.822. The minimum Gasteiger partial charge on any atom is -0.382 e. The van der Waals surface area contributed by atoms with E-state index in [1.807, 2.05) is 0 Å². The molecule has 0 aromatic carbocycles. The topological polar surface area (TPSA) is 176 Å². The minimum absolute atomic E-state index is 0.0804. The molecule has 2 rings (SSSR count). The first kappa shape index (κ1) is 16.5. The molecule has 6 N–H and O–H groups in total. The molecule has 0 amide bonds.